The predicted octanol–water partition coefficient (Wildman–Crippen LogP) is 1.79. The summed E-state index contributed by atoms with van der Waals surface area (Å²) in [6.07, 6.45) is 1.26. The smallest absolute Gasteiger partial charge is 0.0935 e. The number of thiophene rings is 1. The van der Waals surface area contributed by atoms with Crippen LogP contribution in [0.15, 0.2) is 11.4 Å². The van der Waals surface area contributed by atoms with Crippen LogP contribution in [0.4, 0.5) is 5.00 Å². The summed E-state index contributed by atoms with van der Waals surface area (Å²) in [5, 5.41) is 6.99. The van der Waals surface area contributed by atoms with Crippen LogP contribution in [0.1, 0.15) is 12.0 Å². The van der Waals surface area contributed by atoms with E-state index < -0.39 is 0 Å². The van der Waals surface area contributed by atoms with Crippen LogP contribution in [0, 0.1) is 6.92 Å². The van der Waals surface area contributed by atoms with E-state index in [9.17, 15) is 0 Å². The Balaban J connectivity index is 1.69. The lowest BCUT2D eigenvalue weighted by Crippen LogP contribution is -2.44. The molecule has 96 valence electrons. The highest BCUT2D eigenvalue weighted by Gasteiger charge is 2.10. The molecule has 2 rings (SSSR count). The van der Waals surface area contributed by atoms with Gasteiger partial charge in [-0.15, -0.1) is 11.3 Å². The molecule has 1 aliphatic rings. The fourth-order valence-electron chi connectivity index (χ4n) is 2.32. The molecule has 0 unspecified atom stereocenters. The molecule has 1 N–H and O–H groups in total. The normalized spacial score (nSPS) is 17.3. The van der Waals surface area contributed by atoms with Gasteiger partial charge in [-0.05, 0) is 36.9 Å². The van der Waals surface area contributed by atoms with Gasteiger partial charge in [0.05, 0.1) is 5.00 Å². The van der Waals surface area contributed by atoms with Crippen molar-refractivity contribution in [2.75, 3.05) is 51.2 Å². The maximum absolute atomic E-state index is 3.39. The maximum Gasteiger partial charge on any atom is 0.0935 e. The van der Waals surface area contributed by atoms with Gasteiger partial charge in [0.1, 0.15) is 0 Å². The van der Waals surface area contributed by atoms with Crippen molar-refractivity contribution < 1.29 is 0 Å². The number of hydrogen-bond donors (Lipinski definition) is 1. The molecule has 1 aromatic heterocycles. The van der Waals surface area contributed by atoms with Crippen molar-refractivity contribution in [1.29, 1.82) is 0 Å². The van der Waals surface area contributed by atoms with Gasteiger partial charge in [-0.2, -0.15) is 0 Å². The van der Waals surface area contributed by atoms with Crippen LogP contribution in [0.5, 0.6) is 0 Å². The lowest BCUT2D eigenvalue weighted by atomic mass is 10.3. The Morgan fingerprint density at radius 3 is 2.82 bits per heavy atom. The number of aryl methyl sites for hydroxylation is 1. The predicted molar refractivity (Wildman–Crippen MR) is 76.3 cm³/mol. The number of hydrogen-bond acceptors (Lipinski definition) is 4. The third kappa shape index (κ3) is 3.69. The fraction of sp³-hybridized carbons (Fsp3) is 0.692. The average Bonchev–Trinajstić information content (AvgIpc) is 2.77. The summed E-state index contributed by atoms with van der Waals surface area (Å²) >= 11 is 1.85. The maximum atomic E-state index is 3.39. The summed E-state index contributed by atoms with van der Waals surface area (Å²) in [4.78, 5) is 4.95. The topological polar surface area (TPSA) is 18.5 Å². The number of anilines is 1. The lowest BCUT2D eigenvalue weighted by molar-refractivity contribution is 0.239. The summed E-state index contributed by atoms with van der Waals surface area (Å²) in [6.45, 7) is 9.31. The molecule has 0 aliphatic carbocycles. The van der Waals surface area contributed by atoms with Crippen LogP contribution in [-0.4, -0.2) is 51.2 Å². The van der Waals surface area contributed by atoms with Crippen molar-refractivity contribution in [3.05, 3.63) is 17.0 Å². The summed E-state index contributed by atoms with van der Waals surface area (Å²) < 4.78 is 0. The molecule has 3 nitrogen and oxygen atoms in total. The van der Waals surface area contributed by atoms with Crippen molar-refractivity contribution in [3.8, 4) is 0 Å². The number of nitrogens with zero attached hydrogens (tertiary/aromatic N) is 2. The molecule has 0 aromatic carbocycles. The molecule has 0 atom stereocenters. The Kier molecular flexibility index (Phi) is 4.83. The zero-order valence-electron chi connectivity index (χ0n) is 10.9. The average molecular weight is 253 g/mol. The quantitative estimate of drug-likeness (QED) is 0.863. The van der Waals surface area contributed by atoms with Gasteiger partial charge in [0.15, 0.2) is 0 Å². The number of piperazine rings is 1. The van der Waals surface area contributed by atoms with Crippen molar-refractivity contribution in [1.82, 2.24) is 10.2 Å². The van der Waals surface area contributed by atoms with E-state index in [1.54, 1.807) is 0 Å². The van der Waals surface area contributed by atoms with Crippen LogP contribution in [0.25, 0.3) is 0 Å². The first-order valence-electron chi connectivity index (χ1n) is 6.45. The van der Waals surface area contributed by atoms with E-state index in [0.717, 1.165) is 19.6 Å². The molecule has 0 saturated carbocycles. The van der Waals surface area contributed by atoms with Gasteiger partial charge in [-0.25, -0.2) is 0 Å². The molecule has 0 amide bonds. The number of rotatable bonds is 5. The van der Waals surface area contributed by atoms with Crippen LogP contribution in [0.3, 0.4) is 0 Å². The molecular formula is C13H23N3S. The van der Waals surface area contributed by atoms with Crippen molar-refractivity contribution in [2.45, 2.75) is 13.3 Å². The van der Waals surface area contributed by atoms with E-state index in [2.05, 4.69) is 40.5 Å². The minimum atomic E-state index is 1.15. The zero-order valence-corrected chi connectivity index (χ0v) is 11.7. The number of nitrogens with one attached hydrogen (secondary N) is 1. The first kappa shape index (κ1) is 12.9. The molecule has 0 radical (unpaired) electrons. The molecule has 1 saturated heterocycles. The van der Waals surface area contributed by atoms with Gasteiger partial charge >= 0.3 is 0 Å². The van der Waals surface area contributed by atoms with Gasteiger partial charge in [-0.3, -0.25) is 0 Å². The second kappa shape index (κ2) is 6.38. The first-order valence-corrected chi connectivity index (χ1v) is 7.33. The Labute approximate surface area is 108 Å². The van der Waals surface area contributed by atoms with Crippen molar-refractivity contribution in [3.63, 3.8) is 0 Å². The Bertz CT molecular complexity index is 331. The second-order valence-electron chi connectivity index (χ2n) is 4.78. The molecule has 0 bridgehead atoms. The van der Waals surface area contributed by atoms with E-state index >= 15 is 0 Å². The van der Waals surface area contributed by atoms with Crippen molar-refractivity contribution in [2.24, 2.45) is 0 Å². The molecular weight excluding hydrogens is 230 g/mol. The van der Waals surface area contributed by atoms with Crippen LogP contribution < -0.4 is 10.2 Å². The van der Waals surface area contributed by atoms with Crippen LogP contribution in [0.2, 0.25) is 0 Å². The van der Waals surface area contributed by atoms with E-state index in [0.29, 0.717) is 0 Å². The molecule has 17 heavy (non-hydrogen) atoms. The zero-order chi connectivity index (χ0) is 12.1. The van der Waals surface area contributed by atoms with Gasteiger partial charge in [0.25, 0.3) is 0 Å². The largest absolute Gasteiger partial charge is 0.366 e. The SMILES string of the molecule is Cc1ccsc1N(C)CCCN1CCNCC1. The lowest BCUT2D eigenvalue weighted by Gasteiger charge is -2.28. The van der Waals surface area contributed by atoms with E-state index in [4.69, 9.17) is 0 Å². The minimum Gasteiger partial charge on any atom is -0.366 e. The minimum absolute atomic E-state index is 1.15. The molecule has 1 fully saturated rings. The molecule has 4 heteroatoms. The Morgan fingerprint density at radius 2 is 2.18 bits per heavy atom. The standard InChI is InChI=1S/C13H23N3S/c1-12-4-11-17-13(12)15(2)7-3-8-16-9-5-14-6-10-16/h4,11,14H,3,5-10H2,1-2H3. The van der Waals surface area contributed by atoms with E-state index in [1.807, 2.05) is 11.3 Å². The molecule has 1 aromatic rings. The third-order valence-corrected chi connectivity index (χ3v) is 4.49. The van der Waals surface area contributed by atoms with Crippen LogP contribution >= 0.6 is 11.3 Å². The molecule has 0 spiro atoms. The van der Waals surface area contributed by atoms with Crippen molar-refractivity contribution >= 4 is 16.3 Å². The highest BCUT2D eigenvalue weighted by Crippen LogP contribution is 2.25. The van der Waals surface area contributed by atoms with Crippen LogP contribution in [-0.2, 0) is 0 Å². The van der Waals surface area contributed by atoms with Gasteiger partial charge < -0.3 is 15.1 Å². The van der Waals surface area contributed by atoms with Gasteiger partial charge in [-0.1, -0.05) is 0 Å². The molecule has 2 heterocycles. The summed E-state index contributed by atoms with van der Waals surface area (Å²) in [5.41, 5.74) is 1.40. The van der Waals surface area contributed by atoms with E-state index in [1.165, 1.54) is 36.6 Å². The second-order valence-corrected chi connectivity index (χ2v) is 5.67. The highest BCUT2D eigenvalue weighted by molar-refractivity contribution is 7.14. The van der Waals surface area contributed by atoms with Gasteiger partial charge in [0, 0.05) is 39.8 Å². The summed E-state index contributed by atoms with van der Waals surface area (Å²) in [6, 6.07) is 2.20. The van der Waals surface area contributed by atoms with E-state index in [-0.39, 0.29) is 0 Å². The Morgan fingerprint density at radius 1 is 1.41 bits per heavy atom. The summed E-state index contributed by atoms with van der Waals surface area (Å²) in [7, 11) is 2.20. The third-order valence-electron chi connectivity index (χ3n) is 3.36. The fourth-order valence-corrected chi connectivity index (χ4v) is 3.25. The monoisotopic (exact) mass is 253 g/mol. The Hall–Kier alpha value is -0.580. The summed E-state index contributed by atoms with van der Waals surface area (Å²) in [5.74, 6) is 0. The first-order chi connectivity index (χ1) is 8.27. The highest BCUT2D eigenvalue weighted by atomic mass is 32.1. The molecule has 1 aliphatic heterocycles. The van der Waals surface area contributed by atoms with Gasteiger partial charge in [0.2, 0.25) is 0 Å².